The first-order valence-electron chi connectivity index (χ1n) is 6.30. The van der Waals surface area contributed by atoms with Crippen LogP contribution in [0.15, 0.2) is 65.6 Å². The van der Waals surface area contributed by atoms with Gasteiger partial charge in [0.2, 0.25) is 0 Å². The normalized spacial score (nSPS) is 11.2. The topological polar surface area (TPSA) is 34.9 Å². The van der Waals surface area contributed by atoms with E-state index in [1.807, 2.05) is 52.5 Å². The van der Waals surface area contributed by atoms with Crippen LogP contribution in [0.2, 0.25) is 0 Å². The number of pyridine rings is 1. The molecule has 0 fully saturated rings. The standard InChI is InChI=1S/C16H10N2OS/c19-16-13-7-3-4-8-14(13)18(20-16)15-12-6-2-1-5-11(12)9-10-17-15/h1-10H. The maximum absolute atomic E-state index is 12.1. The summed E-state index contributed by atoms with van der Waals surface area (Å²) in [4.78, 5) is 16.6. The Morgan fingerprint density at radius 2 is 1.65 bits per heavy atom. The van der Waals surface area contributed by atoms with E-state index in [9.17, 15) is 4.79 Å². The van der Waals surface area contributed by atoms with Crippen molar-refractivity contribution in [1.82, 2.24) is 8.94 Å². The largest absolute Gasteiger partial charge is 0.276 e. The fourth-order valence-corrected chi connectivity index (χ4v) is 3.35. The van der Waals surface area contributed by atoms with Crippen LogP contribution in [0.5, 0.6) is 0 Å². The van der Waals surface area contributed by atoms with E-state index >= 15 is 0 Å². The summed E-state index contributed by atoms with van der Waals surface area (Å²) in [7, 11) is 0. The number of rotatable bonds is 1. The van der Waals surface area contributed by atoms with Crippen LogP contribution in [0.25, 0.3) is 27.5 Å². The second-order valence-corrected chi connectivity index (χ2v) is 5.46. The number of hydrogen-bond donors (Lipinski definition) is 0. The summed E-state index contributed by atoms with van der Waals surface area (Å²) in [5.74, 6) is 0.811. The molecule has 0 spiro atoms. The molecule has 96 valence electrons. The Balaban J connectivity index is 2.15. The van der Waals surface area contributed by atoms with Gasteiger partial charge < -0.3 is 0 Å². The summed E-state index contributed by atoms with van der Waals surface area (Å²) >= 11 is 1.19. The summed E-state index contributed by atoms with van der Waals surface area (Å²) in [6.45, 7) is 0. The van der Waals surface area contributed by atoms with Crippen molar-refractivity contribution < 1.29 is 0 Å². The molecule has 0 aliphatic heterocycles. The van der Waals surface area contributed by atoms with E-state index in [1.165, 1.54) is 11.5 Å². The molecule has 2 aromatic carbocycles. The number of fused-ring (bicyclic) bond motifs is 2. The van der Waals surface area contributed by atoms with Crippen molar-refractivity contribution in [3.8, 4) is 5.82 Å². The number of para-hydroxylation sites is 1. The zero-order chi connectivity index (χ0) is 13.5. The molecular weight excluding hydrogens is 268 g/mol. The van der Waals surface area contributed by atoms with Crippen LogP contribution < -0.4 is 4.74 Å². The monoisotopic (exact) mass is 278 g/mol. The first kappa shape index (κ1) is 11.4. The molecule has 3 nitrogen and oxygen atoms in total. The van der Waals surface area contributed by atoms with Gasteiger partial charge in [-0.2, -0.15) is 0 Å². The zero-order valence-electron chi connectivity index (χ0n) is 10.5. The van der Waals surface area contributed by atoms with E-state index in [1.54, 1.807) is 6.20 Å². The first-order chi connectivity index (χ1) is 9.84. The van der Waals surface area contributed by atoms with Gasteiger partial charge in [-0.1, -0.05) is 36.4 Å². The molecule has 0 aliphatic carbocycles. The lowest BCUT2D eigenvalue weighted by Crippen LogP contribution is -1.94. The number of aromatic nitrogens is 2. The van der Waals surface area contributed by atoms with Crippen LogP contribution in [0.4, 0.5) is 0 Å². The first-order valence-corrected chi connectivity index (χ1v) is 7.07. The fourth-order valence-electron chi connectivity index (χ4n) is 2.43. The Labute approximate surface area is 118 Å². The van der Waals surface area contributed by atoms with Crippen molar-refractivity contribution in [1.29, 1.82) is 0 Å². The van der Waals surface area contributed by atoms with Gasteiger partial charge in [0, 0.05) is 11.6 Å². The van der Waals surface area contributed by atoms with Gasteiger partial charge in [-0.25, -0.2) is 8.94 Å². The van der Waals surface area contributed by atoms with Crippen LogP contribution in [-0.2, 0) is 0 Å². The predicted molar refractivity (Wildman–Crippen MR) is 82.7 cm³/mol. The van der Waals surface area contributed by atoms with E-state index in [2.05, 4.69) is 11.1 Å². The second kappa shape index (κ2) is 4.28. The summed E-state index contributed by atoms with van der Waals surface area (Å²) in [5.41, 5.74) is 0.909. The highest BCUT2D eigenvalue weighted by molar-refractivity contribution is 7.05. The molecule has 4 heteroatoms. The zero-order valence-corrected chi connectivity index (χ0v) is 11.3. The predicted octanol–water partition coefficient (Wildman–Crippen LogP) is 3.60. The van der Waals surface area contributed by atoms with Gasteiger partial charge >= 0.3 is 0 Å². The molecule has 0 N–H and O–H groups in total. The van der Waals surface area contributed by atoms with Crippen LogP contribution in [0, 0.1) is 0 Å². The summed E-state index contributed by atoms with van der Waals surface area (Å²) in [6.07, 6.45) is 1.78. The molecule has 0 saturated heterocycles. The molecule has 0 amide bonds. The Hall–Kier alpha value is -2.46. The third-order valence-electron chi connectivity index (χ3n) is 3.36. The maximum Gasteiger partial charge on any atom is 0.257 e. The minimum absolute atomic E-state index is 0.0651. The molecule has 4 aromatic rings. The lowest BCUT2D eigenvalue weighted by molar-refractivity contribution is 1.15. The Morgan fingerprint density at radius 1 is 0.900 bits per heavy atom. The maximum atomic E-state index is 12.1. The molecule has 20 heavy (non-hydrogen) atoms. The van der Waals surface area contributed by atoms with Gasteiger partial charge in [0.15, 0.2) is 5.82 Å². The molecule has 0 radical (unpaired) electrons. The average Bonchev–Trinajstić information content (AvgIpc) is 2.84. The van der Waals surface area contributed by atoms with Gasteiger partial charge in [-0.15, -0.1) is 0 Å². The highest BCUT2D eigenvalue weighted by Crippen LogP contribution is 2.24. The summed E-state index contributed by atoms with van der Waals surface area (Å²) in [6, 6.07) is 17.7. The lowest BCUT2D eigenvalue weighted by Gasteiger charge is -2.06. The van der Waals surface area contributed by atoms with Crippen molar-refractivity contribution in [2.45, 2.75) is 0 Å². The SMILES string of the molecule is O=c1sn(-c2nccc3ccccc23)c2ccccc12. The van der Waals surface area contributed by atoms with E-state index < -0.39 is 0 Å². The van der Waals surface area contributed by atoms with Crippen molar-refractivity contribution in [2.24, 2.45) is 0 Å². The molecule has 2 aromatic heterocycles. The second-order valence-electron chi connectivity index (χ2n) is 4.55. The third-order valence-corrected chi connectivity index (χ3v) is 4.30. The molecular formula is C16H10N2OS. The Bertz CT molecular complexity index is 979. The van der Waals surface area contributed by atoms with Gasteiger partial charge in [0.25, 0.3) is 4.74 Å². The fraction of sp³-hybridized carbons (Fsp3) is 0. The van der Waals surface area contributed by atoms with E-state index in [-0.39, 0.29) is 4.74 Å². The van der Waals surface area contributed by atoms with Crippen LogP contribution in [0.1, 0.15) is 0 Å². The quantitative estimate of drug-likeness (QED) is 0.533. The third kappa shape index (κ3) is 1.58. The van der Waals surface area contributed by atoms with Crippen molar-refractivity contribution >= 4 is 33.2 Å². The van der Waals surface area contributed by atoms with Gasteiger partial charge in [-0.05, 0) is 35.1 Å². The average molecular weight is 278 g/mol. The number of nitrogens with zero attached hydrogens (tertiary/aromatic N) is 2. The smallest absolute Gasteiger partial charge is 0.257 e. The van der Waals surface area contributed by atoms with Crippen LogP contribution in [-0.4, -0.2) is 8.94 Å². The summed E-state index contributed by atoms with van der Waals surface area (Å²) < 4.78 is 1.98. The lowest BCUT2D eigenvalue weighted by atomic mass is 10.1. The van der Waals surface area contributed by atoms with Crippen molar-refractivity contribution in [3.05, 3.63) is 70.3 Å². The molecule has 0 bridgehead atoms. The molecule has 0 unspecified atom stereocenters. The van der Waals surface area contributed by atoms with Gasteiger partial charge in [-0.3, -0.25) is 4.79 Å². The van der Waals surface area contributed by atoms with Crippen molar-refractivity contribution in [3.63, 3.8) is 0 Å². The Morgan fingerprint density at radius 3 is 2.55 bits per heavy atom. The molecule has 2 heterocycles. The molecule has 0 atom stereocenters. The van der Waals surface area contributed by atoms with E-state index in [0.29, 0.717) is 0 Å². The Kier molecular flexibility index (Phi) is 2.44. The van der Waals surface area contributed by atoms with Gasteiger partial charge in [0.05, 0.1) is 10.9 Å². The van der Waals surface area contributed by atoms with Crippen molar-refractivity contribution in [2.75, 3.05) is 0 Å². The van der Waals surface area contributed by atoms with E-state index in [0.717, 1.165) is 27.5 Å². The number of benzene rings is 2. The molecule has 4 rings (SSSR count). The minimum atomic E-state index is 0.0651. The van der Waals surface area contributed by atoms with Crippen LogP contribution >= 0.6 is 11.5 Å². The summed E-state index contributed by atoms with van der Waals surface area (Å²) in [5, 5.41) is 2.91. The van der Waals surface area contributed by atoms with E-state index in [4.69, 9.17) is 0 Å². The highest BCUT2D eigenvalue weighted by Gasteiger charge is 2.11. The number of hydrogen-bond acceptors (Lipinski definition) is 3. The highest BCUT2D eigenvalue weighted by atomic mass is 32.1. The minimum Gasteiger partial charge on any atom is -0.276 e. The van der Waals surface area contributed by atoms with Crippen LogP contribution in [0.3, 0.4) is 0 Å². The molecule has 0 aliphatic rings. The van der Waals surface area contributed by atoms with Gasteiger partial charge in [0.1, 0.15) is 0 Å². The molecule has 0 saturated carbocycles.